The zero-order chi connectivity index (χ0) is 18.8. The van der Waals surface area contributed by atoms with Gasteiger partial charge in [-0.25, -0.2) is 9.38 Å². The Morgan fingerprint density at radius 1 is 1.19 bits per heavy atom. The average Bonchev–Trinajstić information content (AvgIpc) is 3.29. The van der Waals surface area contributed by atoms with Crippen LogP contribution in [0.3, 0.4) is 0 Å². The highest BCUT2D eigenvalue weighted by Gasteiger charge is 2.19. The summed E-state index contributed by atoms with van der Waals surface area (Å²) in [5.74, 6) is -0.252. The van der Waals surface area contributed by atoms with Crippen molar-refractivity contribution in [2.45, 2.75) is 25.5 Å². The molecule has 0 N–H and O–H groups in total. The predicted octanol–water partition coefficient (Wildman–Crippen LogP) is 6.07. The Bertz CT molecular complexity index is 1010. The first-order chi connectivity index (χ1) is 13.1. The molecule has 2 aromatic carbocycles. The van der Waals surface area contributed by atoms with Crippen LogP contribution in [-0.2, 0) is 11.3 Å². The number of aromatic nitrogens is 1. The Balaban J connectivity index is 1.80. The van der Waals surface area contributed by atoms with Gasteiger partial charge in [-0.05, 0) is 60.9 Å². The monoisotopic (exact) mass is 422 g/mol. The molecule has 0 aliphatic carbocycles. The first kappa shape index (κ1) is 18.7. The van der Waals surface area contributed by atoms with E-state index >= 15 is 0 Å². The van der Waals surface area contributed by atoms with Gasteiger partial charge in [-0.1, -0.05) is 23.2 Å². The molecule has 0 radical (unpaired) electrons. The third-order valence-electron chi connectivity index (χ3n) is 4.47. The molecule has 7 heteroatoms. The zero-order valence-corrected chi connectivity index (χ0v) is 16.7. The Morgan fingerprint density at radius 3 is 2.70 bits per heavy atom. The fraction of sp³-hybridized carbons (Fsp3) is 0.250. The number of benzene rings is 2. The lowest BCUT2D eigenvalue weighted by Gasteiger charge is -2.14. The molecule has 1 aliphatic heterocycles. The van der Waals surface area contributed by atoms with Crippen molar-refractivity contribution in [3.05, 3.63) is 68.5 Å². The molecule has 2 heterocycles. The Labute approximate surface area is 170 Å². The standard InChI is InChI=1S/C20H17Cl2FN2OS/c21-14-5-8-18(17(22)10-14)24-20-25(11-16-2-1-9-26-16)19(12-27-20)13-3-6-15(23)7-4-13/h3-8,10,12,16H,1-2,9,11H2. The first-order valence-electron chi connectivity index (χ1n) is 8.66. The van der Waals surface area contributed by atoms with Gasteiger partial charge in [0.05, 0.1) is 29.1 Å². The third kappa shape index (κ3) is 4.27. The highest BCUT2D eigenvalue weighted by molar-refractivity contribution is 7.07. The molecule has 140 valence electrons. The smallest absolute Gasteiger partial charge is 0.190 e. The second-order valence-corrected chi connectivity index (χ2v) is 8.04. The molecule has 1 saturated heterocycles. The predicted molar refractivity (Wildman–Crippen MR) is 108 cm³/mol. The Kier molecular flexibility index (Phi) is 5.64. The number of hydrogen-bond donors (Lipinski definition) is 0. The van der Waals surface area contributed by atoms with E-state index in [1.54, 1.807) is 30.3 Å². The summed E-state index contributed by atoms with van der Waals surface area (Å²) in [6.45, 7) is 1.48. The van der Waals surface area contributed by atoms with Gasteiger partial charge in [-0.2, -0.15) is 0 Å². The molecule has 3 aromatic rings. The lowest BCUT2D eigenvalue weighted by atomic mass is 10.1. The van der Waals surface area contributed by atoms with Gasteiger partial charge in [0.15, 0.2) is 4.80 Å². The summed E-state index contributed by atoms with van der Waals surface area (Å²) >= 11 is 13.8. The molecular formula is C20H17Cl2FN2OS. The number of halogens is 3. The van der Waals surface area contributed by atoms with E-state index < -0.39 is 0 Å². The molecule has 1 fully saturated rings. The molecule has 4 rings (SSSR count). The van der Waals surface area contributed by atoms with Crippen LogP contribution in [0.1, 0.15) is 12.8 Å². The maximum atomic E-state index is 13.3. The van der Waals surface area contributed by atoms with Crippen molar-refractivity contribution in [2.24, 2.45) is 4.99 Å². The van der Waals surface area contributed by atoms with E-state index in [0.717, 1.165) is 35.5 Å². The quantitative estimate of drug-likeness (QED) is 0.500. The van der Waals surface area contributed by atoms with Gasteiger partial charge in [0, 0.05) is 17.0 Å². The summed E-state index contributed by atoms with van der Waals surface area (Å²) in [6, 6.07) is 11.8. The highest BCUT2D eigenvalue weighted by atomic mass is 35.5. The van der Waals surface area contributed by atoms with E-state index in [4.69, 9.17) is 32.9 Å². The van der Waals surface area contributed by atoms with Crippen LogP contribution in [0.2, 0.25) is 10.0 Å². The van der Waals surface area contributed by atoms with Crippen LogP contribution >= 0.6 is 34.5 Å². The SMILES string of the molecule is Fc1ccc(-c2csc(=Nc3ccc(Cl)cc3Cl)n2CC2CCCO2)cc1. The minimum atomic E-state index is -0.252. The van der Waals surface area contributed by atoms with Gasteiger partial charge in [-0.3, -0.25) is 0 Å². The van der Waals surface area contributed by atoms with Crippen molar-refractivity contribution in [1.82, 2.24) is 4.57 Å². The van der Waals surface area contributed by atoms with E-state index in [2.05, 4.69) is 4.57 Å². The minimum Gasteiger partial charge on any atom is -0.376 e. The highest BCUT2D eigenvalue weighted by Crippen LogP contribution is 2.28. The topological polar surface area (TPSA) is 26.5 Å². The van der Waals surface area contributed by atoms with Crippen LogP contribution in [0.5, 0.6) is 0 Å². The maximum Gasteiger partial charge on any atom is 0.190 e. The molecule has 1 aromatic heterocycles. The van der Waals surface area contributed by atoms with Crippen molar-refractivity contribution in [3.8, 4) is 11.3 Å². The van der Waals surface area contributed by atoms with Crippen LogP contribution < -0.4 is 4.80 Å². The van der Waals surface area contributed by atoms with Crippen LogP contribution in [0.25, 0.3) is 11.3 Å². The van der Waals surface area contributed by atoms with E-state index in [1.165, 1.54) is 23.5 Å². The van der Waals surface area contributed by atoms with E-state index in [1.807, 2.05) is 5.38 Å². The first-order valence-corrected chi connectivity index (χ1v) is 10.3. The van der Waals surface area contributed by atoms with Crippen molar-refractivity contribution in [2.75, 3.05) is 6.61 Å². The fourth-order valence-corrected chi connectivity index (χ4v) is 4.50. The number of hydrogen-bond acceptors (Lipinski definition) is 3. The van der Waals surface area contributed by atoms with Gasteiger partial charge in [-0.15, -0.1) is 11.3 Å². The summed E-state index contributed by atoms with van der Waals surface area (Å²) in [4.78, 5) is 5.56. The van der Waals surface area contributed by atoms with Crippen molar-refractivity contribution in [1.29, 1.82) is 0 Å². The summed E-state index contributed by atoms with van der Waals surface area (Å²) in [5, 5.41) is 3.11. The van der Waals surface area contributed by atoms with Crippen LogP contribution in [0.15, 0.2) is 52.8 Å². The number of rotatable bonds is 4. The largest absolute Gasteiger partial charge is 0.376 e. The number of nitrogens with zero attached hydrogens (tertiary/aromatic N) is 2. The summed E-state index contributed by atoms with van der Waals surface area (Å²) < 4.78 is 21.3. The van der Waals surface area contributed by atoms with E-state index in [9.17, 15) is 4.39 Å². The van der Waals surface area contributed by atoms with Crippen LogP contribution in [-0.4, -0.2) is 17.3 Å². The molecule has 1 atom stereocenters. The van der Waals surface area contributed by atoms with Crippen molar-refractivity contribution < 1.29 is 9.13 Å². The molecule has 0 amide bonds. The van der Waals surface area contributed by atoms with E-state index in [-0.39, 0.29) is 11.9 Å². The zero-order valence-electron chi connectivity index (χ0n) is 14.4. The molecule has 27 heavy (non-hydrogen) atoms. The Morgan fingerprint density at radius 2 is 2.00 bits per heavy atom. The third-order valence-corrected chi connectivity index (χ3v) is 5.88. The summed E-state index contributed by atoms with van der Waals surface area (Å²) in [6.07, 6.45) is 2.24. The number of thiazole rings is 1. The van der Waals surface area contributed by atoms with Gasteiger partial charge in [0.2, 0.25) is 0 Å². The molecule has 1 unspecified atom stereocenters. The molecule has 0 spiro atoms. The van der Waals surface area contributed by atoms with Crippen LogP contribution in [0, 0.1) is 5.82 Å². The maximum absolute atomic E-state index is 13.3. The van der Waals surface area contributed by atoms with E-state index in [0.29, 0.717) is 22.3 Å². The lowest BCUT2D eigenvalue weighted by molar-refractivity contribution is 0.0968. The average molecular weight is 423 g/mol. The van der Waals surface area contributed by atoms with Crippen molar-refractivity contribution >= 4 is 40.2 Å². The Hall–Kier alpha value is -1.66. The molecule has 0 saturated carbocycles. The molecule has 1 aliphatic rings. The summed E-state index contributed by atoms with van der Waals surface area (Å²) in [7, 11) is 0. The normalized spacial score (nSPS) is 17.6. The molecular weight excluding hydrogens is 406 g/mol. The lowest BCUT2D eigenvalue weighted by Crippen LogP contribution is -2.24. The minimum absolute atomic E-state index is 0.151. The second-order valence-electron chi connectivity index (χ2n) is 6.36. The molecule has 3 nitrogen and oxygen atoms in total. The van der Waals surface area contributed by atoms with Crippen LogP contribution in [0.4, 0.5) is 10.1 Å². The fourth-order valence-electron chi connectivity index (χ4n) is 3.11. The van der Waals surface area contributed by atoms with Gasteiger partial charge in [0.25, 0.3) is 0 Å². The van der Waals surface area contributed by atoms with Gasteiger partial charge < -0.3 is 9.30 Å². The van der Waals surface area contributed by atoms with Crippen molar-refractivity contribution in [3.63, 3.8) is 0 Å². The van der Waals surface area contributed by atoms with Gasteiger partial charge >= 0.3 is 0 Å². The van der Waals surface area contributed by atoms with Gasteiger partial charge in [0.1, 0.15) is 5.82 Å². The molecule has 0 bridgehead atoms. The second kappa shape index (κ2) is 8.15. The number of ether oxygens (including phenoxy) is 1. The summed E-state index contributed by atoms with van der Waals surface area (Å²) in [5.41, 5.74) is 2.59.